The fraction of sp³-hybridized carbons (Fsp3) is 0.456. The SMILES string of the molecule is CC(C)(C)OC(=O)N1CCC2(CCN(C3CCC(n4cc(-c5ccc(Oc6ccccc6)cc5)c5c(N)ncnc54)CC3)C2)C1.CC(C)(C)OC(=O)N1CCC2(CCN(C3CCC(n4cc(I)c5c(N)ncnc54)CC3)C2)C1.Nc1ncnc2c1c(-c1ccc(Oc3ccccc3)cc1)cn2C1CCC(N2CCC3(CCNC3)C2)CC1.OB(O)c1ccc(Oc2ccccc2)cc1. The summed E-state index contributed by atoms with van der Waals surface area (Å²) in [6, 6.07) is 55.3. The highest BCUT2D eigenvalue weighted by molar-refractivity contribution is 14.1. The molecule has 3 saturated carbocycles. The number of likely N-dealkylation sites (tertiary alicyclic amines) is 5. The predicted octanol–water partition coefficient (Wildman–Crippen LogP) is 18.5. The van der Waals surface area contributed by atoms with Crippen molar-refractivity contribution >= 4 is 97.9 Å². The minimum atomic E-state index is -1.44. The van der Waals surface area contributed by atoms with Crippen LogP contribution in [0.2, 0.25) is 0 Å². The second kappa shape index (κ2) is 39.3. The number of nitrogens with zero attached hydrogens (tertiary/aromatic N) is 14. The summed E-state index contributed by atoms with van der Waals surface area (Å²) in [5, 5.41) is 24.3. The maximum absolute atomic E-state index is 12.7. The highest BCUT2D eigenvalue weighted by atomic mass is 127. The number of carbonyl (C=O) groups excluding carboxylic acids is 2. The molecule has 6 aromatic heterocycles. The number of halogens is 1. The van der Waals surface area contributed by atoms with Crippen LogP contribution in [0.15, 0.2) is 201 Å². The van der Waals surface area contributed by atoms with Crippen molar-refractivity contribution in [3.05, 3.63) is 205 Å². The molecule has 3 spiro atoms. The van der Waals surface area contributed by atoms with Crippen molar-refractivity contribution in [1.82, 2.24) is 73.4 Å². The van der Waals surface area contributed by atoms with E-state index in [1.165, 1.54) is 84.0 Å². The van der Waals surface area contributed by atoms with E-state index >= 15 is 0 Å². The number of hydrogen-bond donors (Lipinski definition) is 6. The first-order valence-corrected chi connectivity index (χ1v) is 48.5. The Kier molecular flexibility index (Phi) is 27.3. The topological polar surface area (TPSA) is 319 Å². The maximum Gasteiger partial charge on any atom is 0.488 e. The number of para-hydroxylation sites is 3. The van der Waals surface area contributed by atoms with Gasteiger partial charge in [-0.1, -0.05) is 91.0 Å². The lowest BCUT2D eigenvalue weighted by Crippen LogP contribution is -2.40. The van der Waals surface area contributed by atoms with Crippen LogP contribution in [0.5, 0.6) is 34.5 Å². The van der Waals surface area contributed by atoms with Crippen molar-refractivity contribution in [1.29, 1.82) is 0 Å². The van der Waals surface area contributed by atoms with Gasteiger partial charge in [0, 0.05) is 133 Å². The molecule has 27 nitrogen and oxygen atoms in total. The van der Waals surface area contributed by atoms with Crippen LogP contribution in [0.3, 0.4) is 0 Å². The Hall–Kier alpha value is -10.9. The van der Waals surface area contributed by atoms with Gasteiger partial charge in [0.1, 0.15) is 99.1 Å². The maximum atomic E-state index is 12.7. The van der Waals surface area contributed by atoms with Gasteiger partial charge >= 0.3 is 19.3 Å². The van der Waals surface area contributed by atoms with Gasteiger partial charge in [-0.25, -0.2) is 39.5 Å². The summed E-state index contributed by atoms with van der Waals surface area (Å²) in [5.41, 5.74) is 26.6. The van der Waals surface area contributed by atoms with Gasteiger partial charge in [0.05, 0.1) is 16.2 Å². The first-order chi connectivity index (χ1) is 63.7. The van der Waals surface area contributed by atoms with E-state index in [0.29, 0.717) is 70.3 Å². The molecule has 3 unspecified atom stereocenters. The molecule has 3 atom stereocenters. The number of nitrogen functional groups attached to an aromatic ring is 3. The second-order valence-electron chi connectivity index (χ2n) is 40.2. The van der Waals surface area contributed by atoms with E-state index < -0.39 is 18.3 Å². The van der Waals surface area contributed by atoms with Crippen molar-refractivity contribution in [2.45, 2.75) is 205 Å². The number of carbonyl (C=O) groups is 2. The molecule has 21 rings (SSSR count). The molecule has 6 saturated heterocycles. The summed E-state index contributed by atoms with van der Waals surface area (Å²) in [6.45, 7) is 24.2. The largest absolute Gasteiger partial charge is 0.488 e. The Balaban J connectivity index is 0.000000123. The van der Waals surface area contributed by atoms with Crippen LogP contribution in [0, 0.1) is 19.8 Å². The monoisotopic (exact) mass is 1900 g/mol. The third-order valence-electron chi connectivity index (χ3n) is 29.0. The summed E-state index contributed by atoms with van der Waals surface area (Å²) < 4.78 is 37.0. The Morgan fingerprint density at radius 2 is 0.712 bits per heavy atom. The van der Waals surface area contributed by atoms with E-state index in [-0.39, 0.29) is 23.0 Å². The molecule has 12 aromatic rings. The number of nitrogens with one attached hydrogen (secondary N) is 1. The van der Waals surface area contributed by atoms with Crippen molar-refractivity contribution < 1.29 is 43.3 Å². The molecule has 9 aliphatic rings. The Labute approximate surface area is 787 Å². The van der Waals surface area contributed by atoms with Gasteiger partial charge in [0.15, 0.2) is 0 Å². The van der Waals surface area contributed by atoms with E-state index in [2.05, 4.69) is 119 Å². The van der Waals surface area contributed by atoms with Crippen LogP contribution in [-0.4, -0.2) is 205 Å². The molecule has 132 heavy (non-hydrogen) atoms. The van der Waals surface area contributed by atoms with Crippen molar-refractivity contribution in [2.24, 2.45) is 16.2 Å². The number of anilines is 3. The van der Waals surface area contributed by atoms with Gasteiger partial charge in [0.2, 0.25) is 0 Å². The Bertz CT molecular complexity index is 5930. The minimum absolute atomic E-state index is 0.156. The molecule has 2 amide bonds. The zero-order valence-electron chi connectivity index (χ0n) is 76.9. The molecule has 29 heteroatoms. The number of amides is 2. The molecule has 3 aliphatic carbocycles. The fourth-order valence-corrected chi connectivity index (χ4v) is 22.9. The molecule has 9 fully saturated rings. The van der Waals surface area contributed by atoms with Crippen LogP contribution in [0.1, 0.15) is 175 Å². The van der Waals surface area contributed by atoms with E-state index in [4.69, 9.17) is 60.9 Å². The van der Waals surface area contributed by atoms with Crippen molar-refractivity contribution in [3.8, 4) is 56.8 Å². The van der Waals surface area contributed by atoms with Gasteiger partial charge < -0.3 is 79.8 Å². The van der Waals surface area contributed by atoms with E-state index in [1.54, 1.807) is 43.2 Å². The standard InChI is InChI=1S/C36H44N6O3.C31H36N6O.C24H35IN6O2.C12H11BO3/c1-35(2,3)45-34(43)41-20-18-36(23-41)17-19-40(22-36)26-11-13-27(14-12-26)42-21-30(31-32(37)38-24-39-33(31)42)25-9-15-29(16-10-25)44-28-7-5-4-6-8-28;32-29-28-27(22-6-12-26(13-7-22)38-25-4-2-1-3-5-25)18-37(30(28)35-21-34-29)24-10-8-23(9-11-24)36-17-15-31(20-36)14-16-33-19-31;1-23(2,3)33-22(32)30-11-9-24(14-30)8-10-29(13-24)16-4-6-17(7-5-16)31-12-18(25)19-20(26)27-15-28-21(19)31;14-13(15)10-6-8-12(9-7-10)16-11-4-2-1-3-5-11/h4-10,15-16,21,24,26-27H,11-14,17-20,22-23H2,1-3H3,(H2,37,38,39);1-7,12-13,18,21,23-24,33H,8-11,14-17,19-20H2,(H2,32,34,35);12,15-17H,4-11,13-14H2,1-3H3,(H2,26,27,28);1-9,14-15H. The van der Waals surface area contributed by atoms with Crippen LogP contribution in [-0.2, 0) is 9.47 Å². The van der Waals surface area contributed by atoms with Crippen molar-refractivity contribution in [2.75, 3.05) is 95.7 Å². The summed E-state index contributed by atoms with van der Waals surface area (Å²) >= 11 is 2.34. The van der Waals surface area contributed by atoms with Gasteiger partial charge in [-0.2, -0.15) is 0 Å². The fourth-order valence-electron chi connectivity index (χ4n) is 22.1. The van der Waals surface area contributed by atoms with Crippen LogP contribution in [0.25, 0.3) is 55.4 Å². The Morgan fingerprint density at radius 3 is 1.07 bits per heavy atom. The van der Waals surface area contributed by atoms with Gasteiger partial charge in [-0.15, -0.1) is 0 Å². The molecular weight excluding hydrogens is 1770 g/mol. The summed E-state index contributed by atoms with van der Waals surface area (Å²) in [5.74, 6) is 6.25. The van der Waals surface area contributed by atoms with Gasteiger partial charge in [0.25, 0.3) is 0 Å². The molecule has 692 valence electrons. The lowest BCUT2D eigenvalue weighted by Gasteiger charge is -2.36. The van der Waals surface area contributed by atoms with E-state index in [9.17, 15) is 9.59 Å². The predicted molar refractivity (Wildman–Crippen MR) is 527 cm³/mol. The average molecular weight is 1900 g/mol. The number of benzene rings is 6. The number of ether oxygens (including phenoxy) is 5. The third kappa shape index (κ3) is 21.0. The zero-order valence-corrected chi connectivity index (χ0v) is 79.1. The molecule has 12 heterocycles. The molecular formula is C103H126BIN18O9. The molecule has 9 N–H and O–H groups in total. The zero-order chi connectivity index (χ0) is 91.5. The van der Waals surface area contributed by atoms with E-state index in [0.717, 1.165) is 198 Å². The second-order valence-corrected chi connectivity index (χ2v) is 41.3. The number of aromatic nitrogens is 9. The minimum Gasteiger partial charge on any atom is -0.457 e. The first-order valence-electron chi connectivity index (χ1n) is 47.5. The molecule has 0 radical (unpaired) electrons. The van der Waals surface area contributed by atoms with Crippen molar-refractivity contribution in [3.63, 3.8) is 0 Å². The summed E-state index contributed by atoms with van der Waals surface area (Å²) in [7, 11) is -1.44. The van der Waals surface area contributed by atoms with Crippen LogP contribution < -0.4 is 42.2 Å². The molecule has 6 aromatic carbocycles. The lowest BCUT2D eigenvalue weighted by molar-refractivity contribution is 0.0262. The Morgan fingerprint density at radius 1 is 0.394 bits per heavy atom. The quantitative estimate of drug-likeness (QED) is 0.0410. The highest BCUT2D eigenvalue weighted by Crippen LogP contribution is 2.49. The number of nitrogens with two attached hydrogens (primary N) is 3. The number of fused-ring (bicyclic) bond motifs is 3. The first kappa shape index (κ1) is 91.6. The van der Waals surface area contributed by atoms with Gasteiger partial charge in [-0.3, -0.25) is 14.7 Å². The summed E-state index contributed by atoms with van der Waals surface area (Å²) in [4.78, 5) is 64.1. The lowest BCUT2D eigenvalue weighted by atomic mass is 9.80. The normalized spacial score (nSPS) is 24.0. The summed E-state index contributed by atoms with van der Waals surface area (Å²) in [6.07, 6.45) is 32.3. The molecule has 0 bridgehead atoms. The van der Waals surface area contributed by atoms with Crippen LogP contribution >= 0.6 is 22.6 Å². The van der Waals surface area contributed by atoms with Gasteiger partial charge in [-0.05, 0) is 301 Å². The smallest absolute Gasteiger partial charge is 0.457 e. The molecule has 6 aliphatic heterocycles. The van der Waals surface area contributed by atoms with E-state index in [1.807, 2.05) is 167 Å². The third-order valence-corrected chi connectivity index (χ3v) is 29.8. The van der Waals surface area contributed by atoms with Crippen LogP contribution in [0.4, 0.5) is 27.0 Å². The number of rotatable bonds is 15. The average Bonchev–Trinajstić information content (AvgIpc) is 1.67. The highest BCUT2D eigenvalue weighted by Gasteiger charge is 2.50. The number of hydrogen-bond acceptors (Lipinski definition) is 22.